The molecule has 2 fully saturated rings. The number of nitrogens with zero attached hydrogens (tertiary/aromatic N) is 4. The van der Waals surface area contributed by atoms with E-state index in [1.165, 1.54) is 43.0 Å². The van der Waals surface area contributed by atoms with Gasteiger partial charge < -0.3 is 15.5 Å². The van der Waals surface area contributed by atoms with Crippen LogP contribution in [0.2, 0.25) is 0 Å². The maximum Gasteiger partial charge on any atom is 0.191 e. The van der Waals surface area contributed by atoms with Crippen LogP contribution in [0.5, 0.6) is 0 Å². The normalized spacial score (nSPS) is 21.5. The van der Waals surface area contributed by atoms with Crippen molar-refractivity contribution >= 4 is 35.8 Å². The van der Waals surface area contributed by atoms with Crippen molar-refractivity contribution < 1.29 is 4.39 Å². The van der Waals surface area contributed by atoms with Crippen molar-refractivity contribution in [2.24, 2.45) is 4.99 Å². The summed E-state index contributed by atoms with van der Waals surface area (Å²) in [6.45, 7) is 6.78. The van der Waals surface area contributed by atoms with Gasteiger partial charge in [0.15, 0.2) is 17.6 Å². The molecule has 2 aromatic rings. The van der Waals surface area contributed by atoms with Crippen LogP contribution < -0.4 is 15.5 Å². The van der Waals surface area contributed by atoms with Crippen LogP contribution in [0.4, 0.5) is 10.2 Å². The standard InChI is InChI=1S/C25H35FN6.HI/c1-19-6-3-4-14-31(19)17-21-10-8-20(9-11-21)16-29-25(27-2)30-22-12-15-32(18-22)24-23(26)7-5-13-28-24;/h5,7-11,13,19,22H,3-4,6,12,14-18H2,1-2H3,(H2,27,29,30);1H. The number of benzene rings is 1. The van der Waals surface area contributed by atoms with E-state index in [1.54, 1.807) is 19.3 Å². The summed E-state index contributed by atoms with van der Waals surface area (Å²) in [5, 5.41) is 6.87. The zero-order chi connectivity index (χ0) is 22.3. The van der Waals surface area contributed by atoms with E-state index in [0.29, 0.717) is 24.9 Å². The van der Waals surface area contributed by atoms with Crippen molar-refractivity contribution in [3.8, 4) is 0 Å². The maximum atomic E-state index is 14.0. The number of hydrogen-bond donors (Lipinski definition) is 2. The molecule has 2 aliphatic heterocycles. The lowest BCUT2D eigenvalue weighted by atomic mass is 10.0. The summed E-state index contributed by atoms with van der Waals surface area (Å²) in [5.74, 6) is 0.928. The number of anilines is 1. The quantitative estimate of drug-likeness (QED) is 0.313. The van der Waals surface area contributed by atoms with Crippen LogP contribution >= 0.6 is 24.0 Å². The highest BCUT2D eigenvalue weighted by Gasteiger charge is 2.26. The van der Waals surface area contributed by atoms with Crippen LogP contribution in [0.25, 0.3) is 0 Å². The molecule has 1 aromatic carbocycles. The van der Waals surface area contributed by atoms with E-state index in [1.807, 2.05) is 4.90 Å². The van der Waals surface area contributed by atoms with E-state index in [9.17, 15) is 4.39 Å². The van der Waals surface area contributed by atoms with Gasteiger partial charge in [0.2, 0.25) is 0 Å². The first-order chi connectivity index (χ1) is 15.6. The van der Waals surface area contributed by atoms with E-state index < -0.39 is 0 Å². The minimum atomic E-state index is -0.270. The van der Waals surface area contributed by atoms with E-state index >= 15 is 0 Å². The lowest BCUT2D eigenvalue weighted by Crippen LogP contribution is -2.44. The maximum absolute atomic E-state index is 14.0. The molecule has 33 heavy (non-hydrogen) atoms. The largest absolute Gasteiger partial charge is 0.352 e. The van der Waals surface area contributed by atoms with Gasteiger partial charge in [0.1, 0.15) is 0 Å². The Labute approximate surface area is 214 Å². The molecule has 2 N–H and O–H groups in total. The van der Waals surface area contributed by atoms with Crippen molar-refractivity contribution in [3.05, 3.63) is 59.5 Å². The summed E-state index contributed by atoms with van der Waals surface area (Å²) in [6, 6.07) is 12.8. The topological polar surface area (TPSA) is 55.8 Å². The molecule has 0 amide bonds. The molecule has 8 heteroatoms. The molecule has 0 spiro atoms. The zero-order valence-electron chi connectivity index (χ0n) is 19.6. The first-order valence-corrected chi connectivity index (χ1v) is 11.8. The average molecular weight is 567 g/mol. The summed E-state index contributed by atoms with van der Waals surface area (Å²) in [4.78, 5) is 13.1. The Hall–Kier alpha value is -1.94. The number of pyridine rings is 1. The third-order valence-corrected chi connectivity index (χ3v) is 6.60. The van der Waals surface area contributed by atoms with Crippen molar-refractivity contribution in [2.45, 2.75) is 57.8 Å². The predicted octanol–water partition coefficient (Wildman–Crippen LogP) is 4.16. The van der Waals surface area contributed by atoms with Crippen LogP contribution in [0.1, 0.15) is 43.7 Å². The fourth-order valence-electron chi connectivity index (χ4n) is 4.64. The molecule has 3 heterocycles. The van der Waals surface area contributed by atoms with Crippen LogP contribution in [0, 0.1) is 5.82 Å². The number of aromatic nitrogens is 1. The second kappa shape index (κ2) is 12.5. The summed E-state index contributed by atoms with van der Waals surface area (Å²) < 4.78 is 14.0. The SMILES string of the molecule is CN=C(NCc1ccc(CN2CCCCC2C)cc1)NC1CCN(c2ncccc2F)C1.I. The summed E-state index contributed by atoms with van der Waals surface area (Å²) in [6.07, 6.45) is 6.53. The van der Waals surface area contributed by atoms with E-state index in [-0.39, 0.29) is 35.8 Å². The van der Waals surface area contributed by atoms with Gasteiger partial charge in [-0.3, -0.25) is 9.89 Å². The fraction of sp³-hybridized carbons (Fsp3) is 0.520. The summed E-state index contributed by atoms with van der Waals surface area (Å²) >= 11 is 0. The highest BCUT2D eigenvalue weighted by molar-refractivity contribution is 14.0. The van der Waals surface area contributed by atoms with Gasteiger partial charge in [-0.2, -0.15) is 0 Å². The highest BCUT2D eigenvalue weighted by Crippen LogP contribution is 2.21. The third-order valence-electron chi connectivity index (χ3n) is 6.60. The third kappa shape index (κ3) is 7.02. The Kier molecular flexibility index (Phi) is 9.73. The fourth-order valence-corrected chi connectivity index (χ4v) is 4.64. The number of hydrogen-bond acceptors (Lipinski definition) is 4. The zero-order valence-corrected chi connectivity index (χ0v) is 22.0. The lowest BCUT2D eigenvalue weighted by Gasteiger charge is -2.33. The second-order valence-corrected chi connectivity index (χ2v) is 8.94. The molecule has 2 aliphatic rings. The van der Waals surface area contributed by atoms with Crippen molar-refractivity contribution in [2.75, 3.05) is 31.6 Å². The van der Waals surface area contributed by atoms with E-state index in [0.717, 1.165) is 25.5 Å². The number of aliphatic imine (C=N–C) groups is 1. The van der Waals surface area contributed by atoms with Gasteiger partial charge in [0.05, 0.1) is 0 Å². The highest BCUT2D eigenvalue weighted by atomic mass is 127. The van der Waals surface area contributed by atoms with Crippen LogP contribution in [0.3, 0.4) is 0 Å². The Morgan fingerprint density at radius 2 is 1.91 bits per heavy atom. The number of guanidine groups is 1. The van der Waals surface area contributed by atoms with Crippen LogP contribution in [-0.4, -0.2) is 54.6 Å². The van der Waals surface area contributed by atoms with Gasteiger partial charge in [-0.25, -0.2) is 9.37 Å². The predicted molar refractivity (Wildman–Crippen MR) is 144 cm³/mol. The molecule has 0 bridgehead atoms. The monoisotopic (exact) mass is 566 g/mol. The summed E-state index contributed by atoms with van der Waals surface area (Å²) in [7, 11) is 1.78. The minimum Gasteiger partial charge on any atom is -0.352 e. The van der Waals surface area contributed by atoms with Gasteiger partial charge in [0, 0.05) is 51.5 Å². The van der Waals surface area contributed by atoms with Gasteiger partial charge in [-0.05, 0) is 56.0 Å². The molecular formula is C25H36FIN6. The first kappa shape index (κ1) is 25.7. The van der Waals surface area contributed by atoms with Gasteiger partial charge in [0.25, 0.3) is 0 Å². The Morgan fingerprint density at radius 1 is 1.12 bits per heavy atom. The molecule has 4 rings (SSSR count). The van der Waals surface area contributed by atoms with E-state index in [2.05, 4.69) is 56.7 Å². The van der Waals surface area contributed by atoms with Crippen LogP contribution in [-0.2, 0) is 13.1 Å². The molecule has 180 valence electrons. The number of nitrogens with one attached hydrogen (secondary N) is 2. The van der Waals surface area contributed by atoms with Gasteiger partial charge >= 0.3 is 0 Å². The number of likely N-dealkylation sites (tertiary alicyclic amines) is 1. The lowest BCUT2D eigenvalue weighted by molar-refractivity contribution is 0.152. The number of piperidine rings is 1. The number of halogens is 2. The summed E-state index contributed by atoms with van der Waals surface area (Å²) in [5.41, 5.74) is 2.60. The van der Waals surface area contributed by atoms with Crippen molar-refractivity contribution in [1.82, 2.24) is 20.5 Å². The van der Waals surface area contributed by atoms with Crippen LogP contribution in [0.15, 0.2) is 47.6 Å². The molecular weight excluding hydrogens is 530 g/mol. The number of rotatable bonds is 6. The molecule has 1 aromatic heterocycles. The Morgan fingerprint density at radius 3 is 2.64 bits per heavy atom. The van der Waals surface area contributed by atoms with E-state index in [4.69, 9.17) is 0 Å². The smallest absolute Gasteiger partial charge is 0.191 e. The van der Waals surface area contributed by atoms with Gasteiger partial charge in [-0.1, -0.05) is 30.7 Å². The molecule has 2 saturated heterocycles. The molecule has 6 nitrogen and oxygen atoms in total. The van der Waals surface area contributed by atoms with Crippen molar-refractivity contribution in [3.63, 3.8) is 0 Å². The van der Waals surface area contributed by atoms with Gasteiger partial charge in [-0.15, -0.1) is 24.0 Å². The Bertz CT molecular complexity index is 906. The molecule has 0 saturated carbocycles. The molecule has 0 radical (unpaired) electrons. The molecule has 2 atom stereocenters. The second-order valence-electron chi connectivity index (χ2n) is 8.94. The van der Waals surface area contributed by atoms with Crippen molar-refractivity contribution in [1.29, 1.82) is 0 Å². The molecule has 2 unspecified atom stereocenters. The minimum absolute atomic E-state index is 0. The molecule has 0 aliphatic carbocycles. The first-order valence-electron chi connectivity index (χ1n) is 11.8. The Balaban J connectivity index is 0.00000306. The average Bonchev–Trinajstić information content (AvgIpc) is 3.27.